The van der Waals surface area contributed by atoms with Crippen molar-refractivity contribution in [2.45, 2.75) is 39.2 Å². The van der Waals surface area contributed by atoms with Crippen molar-refractivity contribution in [3.63, 3.8) is 0 Å². The molecule has 0 bridgehead atoms. The Morgan fingerprint density at radius 1 is 1.29 bits per heavy atom. The largest absolute Gasteiger partial charge is 0.369 e. The monoisotopic (exact) mass is 501 g/mol. The summed E-state index contributed by atoms with van der Waals surface area (Å²) in [6.45, 7) is 6.98. The molecule has 1 heterocycles. The molecule has 1 aliphatic heterocycles. The van der Waals surface area contributed by atoms with Gasteiger partial charge in [0.15, 0.2) is 5.96 Å². The molecule has 0 saturated carbocycles. The van der Waals surface area contributed by atoms with Gasteiger partial charge in [0.2, 0.25) is 5.91 Å². The number of amides is 1. The molecule has 0 atom stereocenters. The Labute approximate surface area is 187 Å². The molecule has 0 unspecified atom stereocenters. The van der Waals surface area contributed by atoms with Crippen molar-refractivity contribution in [3.05, 3.63) is 35.4 Å². The molecule has 28 heavy (non-hydrogen) atoms. The molecule has 158 valence electrons. The first-order chi connectivity index (χ1) is 13.0. The molecule has 2 rings (SSSR count). The van der Waals surface area contributed by atoms with Crippen LogP contribution < -0.4 is 11.1 Å². The summed E-state index contributed by atoms with van der Waals surface area (Å²) in [6.07, 6.45) is 4.06. The van der Waals surface area contributed by atoms with Gasteiger partial charge in [-0.25, -0.2) is 0 Å². The zero-order valence-electron chi connectivity index (χ0n) is 17.5. The van der Waals surface area contributed by atoms with Crippen LogP contribution in [0, 0.1) is 12.8 Å². The van der Waals surface area contributed by atoms with E-state index in [1.807, 2.05) is 7.05 Å². The number of piperidine rings is 1. The number of unbranched alkanes of at least 4 members (excludes halogenated alkanes) is 1. The summed E-state index contributed by atoms with van der Waals surface area (Å²) >= 11 is 0. The minimum Gasteiger partial charge on any atom is -0.369 e. The van der Waals surface area contributed by atoms with E-state index in [1.165, 1.54) is 11.1 Å². The Morgan fingerprint density at radius 3 is 2.57 bits per heavy atom. The van der Waals surface area contributed by atoms with Crippen LogP contribution in [0.25, 0.3) is 0 Å². The second-order valence-corrected chi connectivity index (χ2v) is 7.48. The fourth-order valence-electron chi connectivity index (χ4n) is 3.60. The number of guanidine groups is 1. The lowest BCUT2D eigenvalue weighted by Crippen LogP contribution is -2.40. The van der Waals surface area contributed by atoms with Gasteiger partial charge in [0.25, 0.3) is 0 Å². The average Bonchev–Trinajstić information content (AvgIpc) is 2.66. The maximum Gasteiger partial charge on any atom is 0.220 e. The number of primary amides is 1. The van der Waals surface area contributed by atoms with E-state index in [1.54, 1.807) is 0 Å². The smallest absolute Gasteiger partial charge is 0.220 e. The van der Waals surface area contributed by atoms with Gasteiger partial charge >= 0.3 is 0 Å². The van der Waals surface area contributed by atoms with E-state index in [9.17, 15) is 4.79 Å². The van der Waals surface area contributed by atoms with E-state index in [4.69, 9.17) is 5.73 Å². The maximum atomic E-state index is 11.2. The number of nitrogens with two attached hydrogens (primary N) is 1. The van der Waals surface area contributed by atoms with Gasteiger partial charge in [-0.2, -0.15) is 0 Å². The predicted molar refractivity (Wildman–Crippen MR) is 127 cm³/mol. The summed E-state index contributed by atoms with van der Waals surface area (Å²) in [5.41, 5.74) is 8.02. The Balaban J connectivity index is 0.00000392. The van der Waals surface area contributed by atoms with Crippen LogP contribution in [0.2, 0.25) is 0 Å². The number of likely N-dealkylation sites (tertiary alicyclic amines) is 1. The third-order valence-electron chi connectivity index (χ3n) is 5.42. The van der Waals surface area contributed by atoms with Crippen molar-refractivity contribution >= 4 is 35.8 Å². The molecule has 1 aliphatic rings. The minimum atomic E-state index is -0.139. The number of halogens is 1. The fraction of sp³-hybridized carbons (Fsp3) is 0.619. The first-order valence-electron chi connectivity index (χ1n) is 9.99. The maximum absolute atomic E-state index is 11.2. The van der Waals surface area contributed by atoms with Gasteiger partial charge in [0, 0.05) is 33.1 Å². The number of carbonyl (C=O) groups excluding carboxylic acids is 1. The highest BCUT2D eigenvalue weighted by Gasteiger charge is 2.22. The number of hydrogen-bond acceptors (Lipinski definition) is 3. The Kier molecular flexibility index (Phi) is 11.4. The summed E-state index contributed by atoms with van der Waals surface area (Å²) in [6, 6.07) is 8.47. The van der Waals surface area contributed by atoms with Gasteiger partial charge < -0.3 is 20.9 Å². The number of hydrogen-bond donors (Lipinski definition) is 2. The summed E-state index contributed by atoms with van der Waals surface area (Å²) in [5.74, 6) is 0.871. The van der Waals surface area contributed by atoms with Gasteiger partial charge in [-0.15, -0.1) is 24.0 Å². The molecule has 0 spiro atoms. The molecule has 6 nitrogen and oxygen atoms in total. The molecule has 1 aromatic carbocycles. The van der Waals surface area contributed by atoms with Crippen LogP contribution in [-0.2, 0) is 11.3 Å². The van der Waals surface area contributed by atoms with E-state index >= 15 is 0 Å². The average molecular weight is 501 g/mol. The zero-order chi connectivity index (χ0) is 19.6. The van der Waals surface area contributed by atoms with Crippen molar-refractivity contribution in [3.8, 4) is 0 Å². The molecule has 0 aromatic heterocycles. The lowest BCUT2D eigenvalue weighted by atomic mass is 9.96. The van der Waals surface area contributed by atoms with Gasteiger partial charge in [-0.05, 0) is 63.4 Å². The molecule has 1 amide bonds. The second kappa shape index (κ2) is 13.0. The second-order valence-electron chi connectivity index (χ2n) is 7.48. The molecule has 1 aromatic rings. The van der Waals surface area contributed by atoms with Crippen LogP contribution in [0.1, 0.15) is 36.8 Å². The summed E-state index contributed by atoms with van der Waals surface area (Å²) in [7, 11) is 3.91. The number of aryl methyl sites for hydroxylation is 1. The predicted octanol–water partition coefficient (Wildman–Crippen LogP) is 2.60. The number of carbonyl (C=O) groups is 1. The quantitative estimate of drug-likeness (QED) is 0.249. The van der Waals surface area contributed by atoms with Crippen molar-refractivity contribution < 1.29 is 4.79 Å². The number of nitrogens with zero attached hydrogens (tertiary/aromatic N) is 3. The number of benzene rings is 1. The van der Waals surface area contributed by atoms with Crippen LogP contribution in [0.4, 0.5) is 0 Å². The topological polar surface area (TPSA) is 74.0 Å². The molecular weight excluding hydrogens is 465 g/mol. The van der Waals surface area contributed by atoms with Crippen molar-refractivity contribution in [2.24, 2.45) is 16.6 Å². The van der Waals surface area contributed by atoms with Crippen molar-refractivity contribution in [2.75, 3.05) is 40.3 Å². The summed E-state index contributed by atoms with van der Waals surface area (Å²) < 4.78 is 0. The normalized spacial score (nSPS) is 15.8. The van der Waals surface area contributed by atoms with Crippen molar-refractivity contribution in [1.29, 1.82) is 0 Å². The van der Waals surface area contributed by atoms with E-state index < -0.39 is 0 Å². The van der Waals surface area contributed by atoms with Crippen LogP contribution >= 0.6 is 24.0 Å². The van der Waals surface area contributed by atoms with Gasteiger partial charge in [-0.3, -0.25) is 9.79 Å². The Hall–Kier alpha value is -1.35. The highest BCUT2D eigenvalue weighted by molar-refractivity contribution is 14.0. The zero-order valence-corrected chi connectivity index (χ0v) is 19.8. The van der Waals surface area contributed by atoms with E-state index in [2.05, 4.69) is 58.3 Å². The third kappa shape index (κ3) is 7.95. The third-order valence-corrected chi connectivity index (χ3v) is 5.42. The summed E-state index contributed by atoms with van der Waals surface area (Å²) in [5, 5.41) is 3.46. The molecular formula is C21H36IN5O. The number of nitrogens with one attached hydrogen (secondary N) is 1. The van der Waals surface area contributed by atoms with Crippen LogP contribution in [0.3, 0.4) is 0 Å². The first kappa shape index (κ1) is 24.7. The first-order valence-corrected chi connectivity index (χ1v) is 9.99. The van der Waals surface area contributed by atoms with Crippen LogP contribution in [-0.4, -0.2) is 61.9 Å². The lowest BCUT2D eigenvalue weighted by molar-refractivity contribution is -0.123. The van der Waals surface area contributed by atoms with E-state index in [0.717, 1.165) is 64.4 Å². The van der Waals surface area contributed by atoms with Gasteiger partial charge in [0.1, 0.15) is 0 Å². The van der Waals surface area contributed by atoms with E-state index in [-0.39, 0.29) is 35.8 Å². The van der Waals surface area contributed by atoms with Gasteiger partial charge in [-0.1, -0.05) is 24.3 Å². The number of rotatable bonds is 8. The minimum absolute atomic E-state index is 0. The summed E-state index contributed by atoms with van der Waals surface area (Å²) in [4.78, 5) is 20.2. The SMILES string of the molecule is CN=C(NCCCCN1CCC(C(N)=O)CC1)N(C)Cc1ccccc1C.I. The Bertz CT molecular complexity index is 629. The standard InChI is InChI=1S/C21H35N5O.HI/c1-17-8-4-5-9-19(17)16-25(3)21(23-2)24-12-6-7-13-26-14-10-18(11-15-26)20(22)27;/h4-5,8-9,18H,6-7,10-16H2,1-3H3,(H2,22,27)(H,23,24);1H. The van der Waals surface area contributed by atoms with Crippen LogP contribution in [0.5, 0.6) is 0 Å². The molecule has 0 aliphatic carbocycles. The number of aliphatic imine (C=N–C) groups is 1. The Morgan fingerprint density at radius 2 is 1.96 bits per heavy atom. The van der Waals surface area contributed by atoms with Crippen LogP contribution in [0.15, 0.2) is 29.3 Å². The van der Waals surface area contributed by atoms with E-state index in [0.29, 0.717) is 0 Å². The molecule has 1 saturated heterocycles. The highest BCUT2D eigenvalue weighted by Crippen LogP contribution is 2.16. The van der Waals surface area contributed by atoms with Gasteiger partial charge in [0.05, 0.1) is 0 Å². The van der Waals surface area contributed by atoms with Crippen molar-refractivity contribution in [1.82, 2.24) is 15.1 Å². The fourth-order valence-corrected chi connectivity index (χ4v) is 3.60. The molecule has 7 heteroatoms. The highest BCUT2D eigenvalue weighted by atomic mass is 127. The molecule has 1 fully saturated rings. The lowest BCUT2D eigenvalue weighted by Gasteiger charge is -2.30. The molecule has 3 N–H and O–H groups in total. The molecule has 0 radical (unpaired) electrons.